The molecule has 1 amide bonds. The number of nitrogen functional groups attached to an aromatic ring is 1. The van der Waals surface area contributed by atoms with Crippen LogP contribution in [0.3, 0.4) is 0 Å². The lowest BCUT2D eigenvalue weighted by Crippen LogP contribution is -2.33. The molecule has 1 aliphatic rings. The van der Waals surface area contributed by atoms with Crippen LogP contribution in [-0.2, 0) is 0 Å². The number of aromatic nitrogens is 3. The maximum atomic E-state index is 13.1. The topological polar surface area (TPSA) is 98.2 Å². The van der Waals surface area contributed by atoms with Gasteiger partial charge in [-0.3, -0.25) is 4.79 Å². The van der Waals surface area contributed by atoms with Gasteiger partial charge in [-0.15, -0.1) is 11.3 Å². The van der Waals surface area contributed by atoms with Crippen LogP contribution in [-0.4, -0.2) is 32.8 Å². The van der Waals surface area contributed by atoms with Crippen molar-refractivity contribution in [2.45, 2.75) is 31.7 Å². The maximum absolute atomic E-state index is 13.1. The molecule has 1 saturated carbocycles. The molecule has 1 fully saturated rings. The number of nitrogens with one attached hydrogen (secondary N) is 1. The number of nitrogens with two attached hydrogens (primary N) is 1. The molecular formula is C21H20N6OS. The number of carbonyl (C=O) groups excluding carboxylic acids is 1. The molecule has 1 aliphatic carbocycles. The number of hydrogen-bond donors (Lipinski definition) is 2. The van der Waals surface area contributed by atoms with Crippen molar-refractivity contribution in [2.75, 3.05) is 5.73 Å². The standard InChI is InChI=1S/C21H20N6OS/c22-19-17(21(28)24-13-6-1-2-7-13)18-20(26-16-10-4-3-9-15(16)25-18)27(19)23-12-14-8-5-11-29-14/h3-5,8-13H,1-2,6-7,22H2,(H,24,28). The van der Waals surface area contributed by atoms with Crippen molar-refractivity contribution >= 4 is 51.5 Å². The fourth-order valence-corrected chi connectivity index (χ4v) is 4.37. The Hall–Kier alpha value is -3.26. The van der Waals surface area contributed by atoms with E-state index in [0.29, 0.717) is 22.2 Å². The van der Waals surface area contributed by atoms with Gasteiger partial charge in [0.15, 0.2) is 5.65 Å². The number of para-hydroxylation sites is 2. The van der Waals surface area contributed by atoms with Crippen molar-refractivity contribution in [1.29, 1.82) is 0 Å². The third kappa shape index (κ3) is 3.25. The van der Waals surface area contributed by atoms with Gasteiger partial charge in [0, 0.05) is 10.9 Å². The minimum absolute atomic E-state index is 0.184. The molecule has 0 radical (unpaired) electrons. The average molecular weight is 404 g/mol. The Bertz CT molecular complexity index is 1220. The lowest BCUT2D eigenvalue weighted by molar-refractivity contribution is 0.0940. The summed E-state index contributed by atoms with van der Waals surface area (Å²) in [6.07, 6.45) is 5.98. The van der Waals surface area contributed by atoms with Gasteiger partial charge in [-0.25, -0.2) is 9.97 Å². The van der Waals surface area contributed by atoms with Gasteiger partial charge in [0.2, 0.25) is 0 Å². The molecule has 0 bridgehead atoms. The second-order valence-electron chi connectivity index (χ2n) is 7.17. The summed E-state index contributed by atoms with van der Waals surface area (Å²) in [4.78, 5) is 23.5. The first kappa shape index (κ1) is 17.8. The number of benzene rings is 1. The fourth-order valence-electron chi connectivity index (χ4n) is 3.80. The number of nitrogens with zero attached hydrogens (tertiary/aromatic N) is 4. The zero-order chi connectivity index (χ0) is 19.8. The lowest BCUT2D eigenvalue weighted by Gasteiger charge is -2.11. The molecule has 146 valence electrons. The molecule has 3 N–H and O–H groups in total. The summed E-state index contributed by atoms with van der Waals surface area (Å²) in [5.41, 5.74) is 9.14. The number of amides is 1. The highest BCUT2D eigenvalue weighted by atomic mass is 32.1. The van der Waals surface area contributed by atoms with Crippen LogP contribution in [0.2, 0.25) is 0 Å². The summed E-state index contributed by atoms with van der Waals surface area (Å²) in [7, 11) is 0. The Morgan fingerprint density at radius 1 is 1.17 bits per heavy atom. The highest BCUT2D eigenvalue weighted by molar-refractivity contribution is 7.11. The van der Waals surface area contributed by atoms with Crippen LogP contribution in [0.1, 0.15) is 40.9 Å². The molecule has 29 heavy (non-hydrogen) atoms. The van der Waals surface area contributed by atoms with Gasteiger partial charge in [-0.1, -0.05) is 31.0 Å². The molecule has 5 rings (SSSR count). The van der Waals surface area contributed by atoms with Crippen LogP contribution in [0, 0.1) is 0 Å². The zero-order valence-electron chi connectivity index (χ0n) is 15.7. The summed E-state index contributed by atoms with van der Waals surface area (Å²) in [6, 6.07) is 11.7. The number of rotatable bonds is 4. The number of thiophene rings is 1. The van der Waals surface area contributed by atoms with Crippen molar-refractivity contribution in [2.24, 2.45) is 5.10 Å². The summed E-state index contributed by atoms with van der Waals surface area (Å²) in [5, 5.41) is 9.60. The molecule has 3 heterocycles. The van der Waals surface area contributed by atoms with Crippen LogP contribution in [0.15, 0.2) is 46.9 Å². The van der Waals surface area contributed by atoms with E-state index in [1.807, 2.05) is 41.8 Å². The number of anilines is 1. The zero-order valence-corrected chi connectivity index (χ0v) is 16.5. The van der Waals surface area contributed by atoms with Crippen LogP contribution >= 0.6 is 11.3 Å². The van der Waals surface area contributed by atoms with Crippen molar-refractivity contribution in [1.82, 2.24) is 20.0 Å². The molecule has 0 saturated heterocycles. The van der Waals surface area contributed by atoms with Crippen molar-refractivity contribution in [3.63, 3.8) is 0 Å². The van der Waals surface area contributed by atoms with Crippen LogP contribution < -0.4 is 11.1 Å². The molecule has 4 aromatic rings. The van der Waals surface area contributed by atoms with E-state index in [1.54, 1.807) is 17.6 Å². The molecule has 0 aliphatic heterocycles. The van der Waals surface area contributed by atoms with E-state index in [2.05, 4.69) is 10.4 Å². The number of carbonyl (C=O) groups is 1. The first-order chi connectivity index (χ1) is 14.2. The molecule has 0 atom stereocenters. The highest BCUT2D eigenvalue weighted by Crippen LogP contribution is 2.28. The molecule has 8 heteroatoms. The smallest absolute Gasteiger partial charge is 0.257 e. The lowest BCUT2D eigenvalue weighted by atomic mass is 10.2. The molecular weight excluding hydrogens is 384 g/mol. The van der Waals surface area contributed by atoms with Gasteiger partial charge >= 0.3 is 0 Å². The second-order valence-corrected chi connectivity index (χ2v) is 8.15. The first-order valence-corrected chi connectivity index (χ1v) is 10.5. The maximum Gasteiger partial charge on any atom is 0.257 e. The Morgan fingerprint density at radius 3 is 2.66 bits per heavy atom. The quantitative estimate of drug-likeness (QED) is 0.506. The van der Waals surface area contributed by atoms with E-state index in [4.69, 9.17) is 15.7 Å². The predicted octanol–water partition coefficient (Wildman–Crippen LogP) is 3.78. The van der Waals surface area contributed by atoms with Gasteiger partial charge in [-0.2, -0.15) is 9.78 Å². The van der Waals surface area contributed by atoms with Gasteiger partial charge in [0.1, 0.15) is 16.9 Å². The summed E-state index contributed by atoms with van der Waals surface area (Å²) >= 11 is 1.57. The third-order valence-corrected chi connectivity index (χ3v) is 6.04. The Labute approximate surface area is 171 Å². The van der Waals surface area contributed by atoms with Crippen molar-refractivity contribution in [3.8, 4) is 0 Å². The predicted molar refractivity (Wildman–Crippen MR) is 116 cm³/mol. The molecule has 0 spiro atoms. The van der Waals surface area contributed by atoms with Crippen LogP contribution in [0.5, 0.6) is 0 Å². The van der Waals surface area contributed by atoms with Gasteiger partial charge in [0.05, 0.1) is 17.2 Å². The Kier molecular flexibility index (Phi) is 4.48. The van der Waals surface area contributed by atoms with E-state index in [0.717, 1.165) is 36.1 Å². The fraction of sp³-hybridized carbons (Fsp3) is 0.238. The third-order valence-electron chi connectivity index (χ3n) is 5.23. The van der Waals surface area contributed by atoms with E-state index in [1.165, 1.54) is 4.68 Å². The average Bonchev–Trinajstić information content (AvgIpc) is 3.46. The van der Waals surface area contributed by atoms with Gasteiger partial charge < -0.3 is 11.1 Å². The van der Waals surface area contributed by atoms with Crippen LogP contribution in [0.25, 0.3) is 22.2 Å². The van der Waals surface area contributed by atoms with Crippen LogP contribution in [0.4, 0.5) is 5.82 Å². The van der Waals surface area contributed by atoms with Crippen molar-refractivity contribution < 1.29 is 4.79 Å². The minimum atomic E-state index is -0.214. The normalized spacial score (nSPS) is 15.0. The van der Waals surface area contributed by atoms with E-state index in [9.17, 15) is 4.79 Å². The highest BCUT2D eigenvalue weighted by Gasteiger charge is 2.26. The monoisotopic (exact) mass is 404 g/mol. The van der Waals surface area contributed by atoms with E-state index >= 15 is 0 Å². The number of fused-ring (bicyclic) bond motifs is 2. The molecule has 0 unspecified atom stereocenters. The first-order valence-electron chi connectivity index (χ1n) is 9.66. The number of hydrogen-bond acceptors (Lipinski definition) is 6. The Morgan fingerprint density at radius 2 is 1.93 bits per heavy atom. The SMILES string of the molecule is Nc1c(C(=O)NC2CCCC2)c2nc3ccccc3nc2n1N=Cc1cccs1. The molecule has 7 nitrogen and oxygen atoms in total. The summed E-state index contributed by atoms with van der Waals surface area (Å²) in [6.45, 7) is 0. The van der Waals surface area contributed by atoms with E-state index < -0.39 is 0 Å². The van der Waals surface area contributed by atoms with Gasteiger partial charge in [0.25, 0.3) is 5.91 Å². The minimum Gasteiger partial charge on any atom is -0.383 e. The second kappa shape index (κ2) is 7.29. The Balaban J connectivity index is 1.67. The van der Waals surface area contributed by atoms with E-state index in [-0.39, 0.29) is 17.8 Å². The largest absolute Gasteiger partial charge is 0.383 e. The molecule has 3 aromatic heterocycles. The van der Waals surface area contributed by atoms with Crippen molar-refractivity contribution in [3.05, 3.63) is 52.2 Å². The molecule has 1 aromatic carbocycles. The van der Waals surface area contributed by atoms with Gasteiger partial charge in [-0.05, 0) is 36.4 Å². The summed E-state index contributed by atoms with van der Waals surface area (Å²) < 4.78 is 1.51. The summed E-state index contributed by atoms with van der Waals surface area (Å²) in [5.74, 6) is 0.0349.